The lowest BCUT2D eigenvalue weighted by molar-refractivity contribution is -0.138. The van der Waals surface area contributed by atoms with Gasteiger partial charge in [0.2, 0.25) is 0 Å². The molecule has 0 spiro atoms. The van der Waals surface area contributed by atoms with Crippen molar-refractivity contribution in [2.24, 2.45) is 10.9 Å². The number of fused-ring (bicyclic) bond motifs is 2. The molecule has 2 aliphatic rings. The first-order valence-corrected chi connectivity index (χ1v) is 11.9. The zero-order chi connectivity index (χ0) is 23.1. The molecule has 1 aliphatic heterocycles. The molecule has 34 heavy (non-hydrogen) atoms. The van der Waals surface area contributed by atoms with Gasteiger partial charge in [-0.2, -0.15) is 0 Å². The van der Waals surface area contributed by atoms with Crippen molar-refractivity contribution >= 4 is 39.3 Å². The van der Waals surface area contributed by atoms with Gasteiger partial charge in [-0.05, 0) is 73.6 Å². The minimum Gasteiger partial charge on any atom is -0.481 e. The number of nitrogens with one attached hydrogen (secondary N) is 2. The van der Waals surface area contributed by atoms with E-state index in [0.717, 1.165) is 83.3 Å². The highest BCUT2D eigenvalue weighted by molar-refractivity contribution is 6.03. The number of allylic oxidation sites excluding steroid dienone is 1. The number of aromatic nitrogens is 5. The van der Waals surface area contributed by atoms with Gasteiger partial charge < -0.3 is 10.1 Å². The molecule has 3 heterocycles. The maximum atomic E-state index is 11.0. The van der Waals surface area contributed by atoms with E-state index in [4.69, 9.17) is 15.1 Å². The Balaban J connectivity index is 1.15. The number of imidazole rings is 1. The number of carboxylic acids is 1. The summed E-state index contributed by atoms with van der Waals surface area (Å²) in [6.07, 6.45) is 8.14. The first-order chi connectivity index (χ1) is 16.6. The Labute approximate surface area is 196 Å². The molecule has 0 atom stereocenters. The lowest BCUT2D eigenvalue weighted by Crippen LogP contribution is -2.16. The quantitative estimate of drug-likeness (QED) is 0.382. The molecule has 1 saturated carbocycles. The van der Waals surface area contributed by atoms with Crippen LogP contribution in [-0.4, -0.2) is 42.2 Å². The van der Waals surface area contributed by atoms with E-state index in [1.54, 1.807) is 0 Å². The predicted octanol–water partition coefficient (Wildman–Crippen LogP) is 5.21. The van der Waals surface area contributed by atoms with Crippen molar-refractivity contribution in [3.63, 3.8) is 0 Å². The van der Waals surface area contributed by atoms with Gasteiger partial charge in [0.05, 0.1) is 16.6 Å². The second kappa shape index (κ2) is 8.52. The van der Waals surface area contributed by atoms with Gasteiger partial charge in [-0.1, -0.05) is 29.5 Å². The largest absolute Gasteiger partial charge is 0.481 e. The Kier molecular flexibility index (Phi) is 5.20. The minimum absolute atomic E-state index is 0.306. The van der Waals surface area contributed by atoms with Gasteiger partial charge in [-0.15, -0.1) is 5.10 Å². The number of aromatic amines is 2. The van der Waals surface area contributed by atoms with E-state index in [-0.39, 0.29) is 0 Å². The average Bonchev–Trinajstić information content (AvgIpc) is 3.49. The molecule has 0 radical (unpaired) electrons. The van der Waals surface area contributed by atoms with E-state index in [1.165, 1.54) is 5.56 Å². The van der Waals surface area contributed by atoms with E-state index in [1.807, 2.05) is 18.3 Å². The number of hydrogen-bond acceptors (Lipinski definition) is 5. The SMILES string of the molecule is O=C(O)CC1CCC(c2ccc(C3=NC=C(c4nc5cc6[nH]nnc6cc5[nH]4)CC3)cc2)CC1. The van der Waals surface area contributed by atoms with Gasteiger partial charge in [-0.3, -0.25) is 14.9 Å². The maximum absolute atomic E-state index is 11.0. The molecule has 2 aromatic carbocycles. The number of aliphatic carboxylic acids is 1. The molecule has 8 nitrogen and oxygen atoms in total. The van der Waals surface area contributed by atoms with Gasteiger partial charge in [-0.25, -0.2) is 4.98 Å². The van der Waals surface area contributed by atoms with Crippen molar-refractivity contribution in [1.29, 1.82) is 0 Å². The third-order valence-corrected chi connectivity index (χ3v) is 7.26. The number of H-pyrrole nitrogens is 2. The van der Waals surface area contributed by atoms with Crippen LogP contribution >= 0.6 is 0 Å². The van der Waals surface area contributed by atoms with Gasteiger partial charge in [0, 0.05) is 23.9 Å². The van der Waals surface area contributed by atoms with Crippen LogP contribution in [0.4, 0.5) is 0 Å². The summed E-state index contributed by atoms with van der Waals surface area (Å²) < 4.78 is 0. The first-order valence-electron chi connectivity index (χ1n) is 11.9. The van der Waals surface area contributed by atoms with Crippen LogP contribution in [0.2, 0.25) is 0 Å². The molecule has 4 aromatic rings. The molecule has 0 bridgehead atoms. The molecule has 3 N–H and O–H groups in total. The van der Waals surface area contributed by atoms with Crippen LogP contribution < -0.4 is 0 Å². The second-order valence-electron chi connectivity index (χ2n) is 9.45. The van der Waals surface area contributed by atoms with Crippen LogP contribution in [0.25, 0.3) is 27.6 Å². The number of benzene rings is 2. The van der Waals surface area contributed by atoms with Gasteiger partial charge in [0.25, 0.3) is 0 Å². The lowest BCUT2D eigenvalue weighted by Gasteiger charge is -2.28. The Morgan fingerprint density at radius 1 is 1.00 bits per heavy atom. The van der Waals surface area contributed by atoms with E-state index in [9.17, 15) is 4.79 Å². The normalized spacial score (nSPS) is 20.9. The molecule has 172 valence electrons. The summed E-state index contributed by atoms with van der Waals surface area (Å²) in [5.74, 6) is 1.05. The summed E-state index contributed by atoms with van der Waals surface area (Å²) in [5.41, 5.74) is 8.24. The Morgan fingerprint density at radius 2 is 1.79 bits per heavy atom. The molecule has 0 saturated heterocycles. The van der Waals surface area contributed by atoms with Crippen molar-refractivity contribution in [3.05, 3.63) is 59.5 Å². The van der Waals surface area contributed by atoms with Crippen molar-refractivity contribution in [2.45, 2.75) is 50.9 Å². The lowest BCUT2D eigenvalue weighted by atomic mass is 9.77. The highest BCUT2D eigenvalue weighted by Crippen LogP contribution is 2.37. The van der Waals surface area contributed by atoms with Crippen LogP contribution in [-0.2, 0) is 4.79 Å². The number of carboxylic acid groups (broad SMARTS) is 1. The monoisotopic (exact) mass is 454 g/mol. The predicted molar refractivity (Wildman–Crippen MR) is 131 cm³/mol. The van der Waals surface area contributed by atoms with Crippen LogP contribution in [0, 0.1) is 5.92 Å². The average molecular weight is 455 g/mol. The summed E-state index contributed by atoms with van der Waals surface area (Å²) in [6, 6.07) is 12.7. The van der Waals surface area contributed by atoms with Gasteiger partial charge >= 0.3 is 5.97 Å². The molecule has 0 unspecified atom stereocenters. The highest BCUT2D eigenvalue weighted by Gasteiger charge is 2.24. The first kappa shape index (κ1) is 20.8. The van der Waals surface area contributed by atoms with Crippen LogP contribution in [0.5, 0.6) is 0 Å². The fraction of sp³-hybridized carbons (Fsp3) is 0.346. The number of carbonyl (C=O) groups is 1. The molecule has 1 fully saturated rings. The summed E-state index contributed by atoms with van der Waals surface area (Å²) >= 11 is 0. The molecular formula is C26H26N6O2. The summed E-state index contributed by atoms with van der Waals surface area (Å²) in [5, 5.41) is 19.8. The van der Waals surface area contributed by atoms with Crippen molar-refractivity contribution in [1.82, 2.24) is 25.4 Å². The zero-order valence-electron chi connectivity index (χ0n) is 18.8. The third kappa shape index (κ3) is 4.00. The van der Waals surface area contributed by atoms with Crippen molar-refractivity contribution in [3.8, 4) is 0 Å². The topological polar surface area (TPSA) is 120 Å². The molecular weight excluding hydrogens is 428 g/mol. The van der Waals surface area contributed by atoms with Gasteiger partial charge in [0.1, 0.15) is 11.3 Å². The standard InChI is InChI=1S/C26H26N6O2/c33-25(34)11-15-1-3-16(4-2-15)17-5-7-18(8-6-17)20-10-9-19(14-27-20)26-28-21-12-23-24(31-32-30-23)13-22(21)29-26/h5-8,12-16H,1-4,9-11H2,(H,28,29)(H,33,34)(H,30,31,32). The third-order valence-electron chi connectivity index (χ3n) is 7.26. The van der Waals surface area contributed by atoms with E-state index in [2.05, 4.69) is 44.7 Å². The summed E-state index contributed by atoms with van der Waals surface area (Å²) in [6.45, 7) is 0. The summed E-state index contributed by atoms with van der Waals surface area (Å²) in [7, 11) is 0. The number of rotatable bonds is 5. The van der Waals surface area contributed by atoms with Crippen LogP contribution in [0.3, 0.4) is 0 Å². The van der Waals surface area contributed by atoms with E-state index >= 15 is 0 Å². The van der Waals surface area contributed by atoms with Crippen LogP contribution in [0.15, 0.2) is 47.6 Å². The van der Waals surface area contributed by atoms with Crippen molar-refractivity contribution in [2.75, 3.05) is 0 Å². The number of nitrogens with zero attached hydrogens (tertiary/aromatic N) is 4. The Bertz CT molecular complexity index is 1370. The zero-order valence-corrected chi connectivity index (χ0v) is 18.8. The molecule has 0 amide bonds. The van der Waals surface area contributed by atoms with Crippen LogP contribution in [0.1, 0.15) is 67.8 Å². The van der Waals surface area contributed by atoms with Gasteiger partial charge in [0.15, 0.2) is 0 Å². The molecule has 6 rings (SSSR count). The number of hydrogen-bond donors (Lipinski definition) is 3. The smallest absolute Gasteiger partial charge is 0.303 e. The number of aliphatic imine (C=N–C) groups is 1. The second-order valence-corrected chi connectivity index (χ2v) is 9.45. The van der Waals surface area contributed by atoms with E-state index in [0.29, 0.717) is 18.3 Å². The Morgan fingerprint density at radius 3 is 2.53 bits per heavy atom. The molecule has 1 aliphatic carbocycles. The summed E-state index contributed by atoms with van der Waals surface area (Å²) in [4.78, 5) is 23.9. The maximum Gasteiger partial charge on any atom is 0.303 e. The fourth-order valence-electron chi connectivity index (χ4n) is 5.33. The molecule has 8 heteroatoms. The molecule has 2 aromatic heterocycles. The van der Waals surface area contributed by atoms with Crippen molar-refractivity contribution < 1.29 is 9.90 Å². The van der Waals surface area contributed by atoms with E-state index < -0.39 is 5.97 Å². The Hall–Kier alpha value is -3.81. The highest BCUT2D eigenvalue weighted by atomic mass is 16.4. The fourth-order valence-corrected chi connectivity index (χ4v) is 5.33. The minimum atomic E-state index is -0.675.